The fourth-order valence-electron chi connectivity index (χ4n) is 1.78. The number of benzene rings is 1. The molecule has 20 heavy (non-hydrogen) atoms. The van der Waals surface area contributed by atoms with Crippen LogP contribution in [0.5, 0.6) is 0 Å². The molecule has 2 amide bonds. The van der Waals surface area contributed by atoms with Crippen LogP contribution in [0.3, 0.4) is 0 Å². The molecule has 0 spiro atoms. The van der Waals surface area contributed by atoms with Gasteiger partial charge in [0.25, 0.3) is 0 Å². The van der Waals surface area contributed by atoms with Crippen molar-refractivity contribution in [1.82, 2.24) is 5.32 Å². The highest BCUT2D eigenvalue weighted by Gasteiger charge is 2.24. The van der Waals surface area contributed by atoms with Gasteiger partial charge >= 0.3 is 12.0 Å². The van der Waals surface area contributed by atoms with Gasteiger partial charge in [0.05, 0.1) is 12.0 Å². The lowest BCUT2D eigenvalue weighted by molar-refractivity contribution is -0.141. The van der Waals surface area contributed by atoms with Gasteiger partial charge in [-0.1, -0.05) is 25.1 Å². The quantitative estimate of drug-likeness (QED) is 0.636. The van der Waals surface area contributed by atoms with Crippen LogP contribution in [0.15, 0.2) is 24.3 Å². The third kappa shape index (κ3) is 5.27. The Kier molecular flexibility index (Phi) is 5.52. The Morgan fingerprint density at radius 2 is 1.95 bits per heavy atom. The van der Waals surface area contributed by atoms with Crippen LogP contribution in [0.25, 0.3) is 0 Å². The molecule has 0 aliphatic rings. The zero-order chi connectivity index (χ0) is 15.2. The fraction of sp³-hybridized carbons (Fsp3) is 0.429. The van der Waals surface area contributed by atoms with E-state index in [1.165, 1.54) is 6.92 Å². The summed E-state index contributed by atoms with van der Waals surface area (Å²) in [4.78, 5) is 22.3. The van der Waals surface area contributed by atoms with Crippen LogP contribution in [0.4, 0.5) is 10.5 Å². The van der Waals surface area contributed by atoms with Gasteiger partial charge < -0.3 is 20.8 Å². The summed E-state index contributed by atoms with van der Waals surface area (Å²) in [6.45, 7) is 3.21. The highest BCUT2D eigenvalue weighted by Crippen LogP contribution is 2.15. The monoisotopic (exact) mass is 280 g/mol. The number of amides is 2. The Morgan fingerprint density at radius 3 is 2.55 bits per heavy atom. The Bertz CT molecular complexity index is 486. The maximum atomic E-state index is 11.7. The second-order valence-electron chi connectivity index (χ2n) is 4.89. The number of urea groups is 1. The minimum absolute atomic E-state index is 0.139. The largest absolute Gasteiger partial charge is 0.481 e. The molecule has 6 heteroatoms. The Hall–Kier alpha value is -2.08. The van der Waals surface area contributed by atoms with Crippen molar-refractivity contribution in [3.63, 3.8) is 0 Å². The van der Waals surface area contributed by atoms with Gasteiger partial charge in [-0.15, -0.1) is 0 Å². The summed E-state index contributed by atoms with van der Waals surface area (Å²) in [7, 11) is 0. The van der Waals surface area contributed by atoms with Crippen molar-refractivity contribution in [3.8, 4) is 0 Å². The molecule has 0 heterocycles. The molecule has 4 N–H and O–H groups in total. The van der Waals surface area contributed by atoms with Crippen molar-refractivity contribution in [2.45, 2.75) is 32.3 Å². The smallest absolute Gasteiger partial charge is 0.319 e. The predicted molar refractivity (Wildman–Crippen MR) is 75.7 cm³/mol. The second kappa shape index (κ2) is 6.91. The molecule has 6 nitrogen and oxygen atoms in total. The Labute approximate surface area is 117 Å². The number of aliphatic hydroxyl groups is 1. The van der Waals surface area contributed by atoms with Crippen LogP contribution in [-0.2, 0) is 11.2 Å². The normalized spacial score (nSPS) is 13.3. The van der Waals surface area contributed by atoms with E-state index in [0.29, 0.717) is 5.69 Å². The highest BCUT2D eigenvalue weighted by molar-refractivity contribution is 5.90. The average molecular weight is 280 g/mol. The van der Waals surface area contributed by atoms with Crippen molar-refractivity contribution < 1.29 is 19.8 Å². The maximum absolute atomic E-state index is 11.7. The lowest BCUT2D eigenvalue weighted by Crippen LogP contribution is -2.43. The first-order chi connectivity index (χ1) is 9.34. The summed E-state index contributed by atoms with van der Waals surface area (Å²) in [6.07, 6.45) is 0.353. The Morgan fingerprint density at radius 1 is 1.30 bits per heavy atom. The van der Waals surface area contributed by atoms with E-state index in [1.807, 2.05) is 25.1 Å². The van der Waals surface area contributed by atoms with E-state index in [9.17, 15) is 14.7 Å². The van der Waals surface area contributed by atoms with Crippen molar-refractivity contribution >= 4 is 17.7 Å². The van der Waals surface area contributed by atoms with E-state index < -0.39 is 24.0 Å². The van der Waals surface area contributed by atoms with Gasteiger partial charge in [-0.3, -0.25) is 4.79 Å². The predicted octanol–water partition coefficient (Wildman–Crippen LogP) is 1.60. The highest BCUT2D eigenvalue weighted by atomic mass is 16.4. The van der Waals surface area contributed by atoms with Crippen LogP contribution < -0.4 is 10.6 Å². The topological polar surface area (TPSA) is 98.7 Å². The van der Waals surface area contributed by atoms with Crippen molar-refractivity contribution in [1.29, 1.82) is 0 Å². The van der Waals surface area contributed by atoms with Crippen LogP contribution in [-0.4, -0.2) is 34.4 Å². The molecule has 0 saturated carbocycles. The van der Waals surface area contributed by atoms with E-state index in [2.05, 4.69) is 10.6 Å². The van der Waals surface area contributed by atoms with Crippen LogP contribution in [0.1, 0.15) is 25.8 Å². The molecule has 1 rings (SSSR count). The third-order valence-corrected chi connectivity index (χ3v) is 2.81. The molecule has 0 radical (unpaired) electrons. The summed E-state index contributed by atoms with van der Waals surface area (Å²) in [5, 5.41) is 23.6. The number of anilines is 1. The molecule has 1 aromatic carbocycles. The molecular weight excluding hydrogens is 260 g/mol. The number of carboxylic acids is 1. The first-order valence-electron chi connectivity index (χ1n) is 6.41. The zero-order valence-electron chi connectivity index (χ0n) is 11.6. The van der Waals surface area contributed by atoms with Gasteiger partial charge in [0, 0.05) is 12.2 Å². The number of rotatable bonds is 6. The summed E-state index contributed by atoms with van der Waals surface area (Å²) in [5.74, 6) is -1.12. The van der Waals surface area contributed by atoms with Gasteiger partial charge in [-0.05, 0) is 25.0 Å². The number of para-hydroxylation sites is 1. The van der Waals surface area contributed by atoms with E-state index in [-0.39, 0.29) is 6.54 Å². The summed E-state index contributed by atoms with van der Waals surface area (Å²) >= 11 is 0. The number of nitrogens with one attached hydrogen (secondary N) is 2. The van der Waals surface area contributed by atoms with Crippen LogP contribution in [0.2, 0.25) is 0 Å². The van der Waals surface area contributed by atoms with Crippen molar-refractivity contribution in [2.75, 3.05) is 11.9 Å². The first kappa shape index (κ1) is 16.0. The lowest BCUT2D eigenvalue weighted by Gasteiger charge is -2.21. The van der Waals surface area contributed by atoms with Crippen molar-refractivity contribution in [2.24, 2.45) is 0 Å². The molecule has 1 atom stereocenters. The fourth-order valence-corrected chi connectivity index (χ4v) is 1.78. The van der Waals surface area contributed by atoms with Gasteiger partial charge in [0.2, 0.25) is 0 Å². The minimum atomic E-state index is -1.48. The molecule has 0 aliphatic carbocycles. The SMILES string of the molecule is CCc1ccccc1NC(=O)NCC(C)(O)CC(=O)O. The molecule has 110 valence electrons. The molecule has 1 aromatic rings. The third-order valence-electron chi connectivity index (χ3n) is 2.81. The van der Waals surface area contributed by atoms with Crippen LogP contribution >= 0.6 is 0 Å². The number of carbonyl (C=O) groups is 2. The molecule has 0 bridgehead atoms. The zero-order valence-corrected chi connectivity index (χ0v) is 11.6. The van der Waals surface area contributed by atoms with E-state index in [0.717, 1.165) is 12.0 Å². The minimum Gasteiger partial charge on any atom is -0.481 e. The Balaban J connectivity index is 2.54. The van der Waals surface area contributed by atoms with E-state index in [1.54, 1.807) is 6.07 Å². The number of carboxylic acid groups (broad SMARTS) is 1. The molecular formula is C14H20N2O4. The van der Waals surface area contributed by atoms with Gasteiger partial charge in [0.15, 0.2) is 0 Å². The molecule has 1 unspecified atom stereocenters. The van der Waals surface area contributed by atoms with Crippen LogP contribution in [0, 0.1) is 0 Å². The first-order valence-corrected chi connectivity index (χ1v) is 6.41. The van der Waals surface area contributed by atoms with Crippen molar-refractivity contribution in [3.05, 3.63) is 29.8 Å². The number of aryl methyl sites for hydroxylation is 1. The standard InChI is InChI=1S/C14H20N2O4/c1-3-10-6-4-5-7-11(10)16-13(19)15-9-14(2,20)8-12(17)18/h4-7,20H,3,8-9H2,1-2H3,(H,17,18)(H2,15,16,19). The maximum Gasteiger partial charge on any atom is 0.319 e. The van der Waals surface area contributed by atoms with Gasteiger partial charge in [-0.25, -0.2) is 4.79 Å². The summed E-state index contributed by atoms with van der Waals surface area (Å²) in [5.41, 5.74) is 0.221. The number of carbonyl (C=O) groups excluding carboxylic acids is 1. The van der Waals surface area contributed by atoms with E-state index in [4.69, 9.17) is 5.11 Å². The number of hydrogen-bond acceptors (Lipinski definition) is 3. The second-order valence-corrected chi connectivity index (χ2v) is 4.89. The number of aliphatic carboxylic acids is 1. The molecule has 0 saturated heterocycles. The molecule has 0 aliphatic heterocycles. The average Bonchev–Trinajstić information content (AvgIpc) is 2.36. The lowest BCUT2D eigenvalue weighted by atomic mass is 10.0. The van der Waals surface area contributed by atoms with E-state index >= 15 is 0 Å². The summed E-state index contributed by atoms with van der Waals surface area (Å²) in [6, 6.07) is 6.93. The summed E-state index contributed by atoms with van der Waals surface area (Å²) < 4.78 is 0. The molecule has 0 aromatic heterocycles. The number of hydrogen-bond donors (Lipinski definition) is 4. The van der Waals surface area contributed by atoms with Gasteiger partial charge in [0.1, 0.15) is 0 Å². The molecule has 0 fully saturated rings. The van der Waals surface area contributed by atoms with Gasteiger partial charge in [-0.2, -0.15) is 0 Å².